The minimum Gasteiger partial charge on any atom is -0.342 e. The molecule has 22 heavy (non-hydrogen) atoms. The van der Waals surface area contributed by atoms with Crippen LogP contribution in [0.15, 0.2) is 42.5 Å². The molecule has 112 valence electrons. The highest BCUT2D eigenvalue weighted by atomic mass is 19.1. The Hall–Kier alpha value is -2.69. The third kappa shape index (κ3) is 3.14. The molecular formula is C17H16FN3O. The highest BCUT2D eigenvalue weighted by Gasteiger charge is 2.07. The van der Waals surface area contributed by atoms with E-state index < -0.39 is 0 Å². The number of nitrogens with zero attached hydrogens (tertiary/aromatic N) is 1. The van der Waals surface area contributed by atoms with Crippen LogP contribution in [-0.2, 0) is 17.6 Å². The van der Waals surface area contributed by atoms with Gasteiger partial charge in [-0.2, -0.15) is 0 Å². The first kappa shape index (κ1) is 14.3. The van der Waals surface area contributed by atoms with Crippen molar-refractivity contribution in [1.82, 2.24) is 9.97 Å². The van der Waals surface area contributed by atoms with E-state index in [1.165, 1.54) is 12.1 Å². The van der Waals surface area contributed by atoms with Crippen molar-refractivity contribution in [1.29, 1.82) is 0 Å². The van der Waals surface area contributed by atoms with E-state index in [1.807, 2.05) is 25.1 Å². The number of fused-ring (bicyclic) bond motifs is 1. The van der Waals surface area contributed by atoms with Crippen LogP contribution in [0.2, 0.25) is 0 Å². The summed E-state index contributed by atoms with van der Waals surface area (Å²) in [5, 5.41) is 2.75. The molecule has 0 spiro atoms. The number of benzene rings is 2. The summed E-state index contributed by atoms with van der Waals surface area (Å²) < 4.78 is 12.8. The molecule has 0 aliphatic rings. The number of nitrogens with one attached hydrogen (secondary N) is 2. The van der Waals surface area contributed by atoms with Crippen molar-refractivity contribution in [2.45, 2.75) is 19.8 Å². The van der Waals surface area contributed by atoms with Gasteiger partial charge in [-0.25, -0.2) is 9.37 Å². The fourth-order valence-electron chi connectivity index (χ4n) is 2.31. The van der Waals surface area contributed by atoms with Crippen LogP contribution in [-0.4, -0.2) is 15.9 Å². The maximum Gasteiger partial charge on any atom is 0.228 e. The van der Waals surface area contributed by atoms with Gasteiger partial charge in [0.15, 0.2) is 0 Å². The molecule has 0 unspecified atom stereocenters. The molecule has 2 N–H and O–H groups in total. The van der Waals surface area contributed by atoms with Gasteiger partial charge in [0, 0.05) is 12.1 Å². The molecule has 3 rings (SSSR count). The second kappa shape index (κ2) is 5.97. The third-order valence-corrected chi connectivity index (χ3v) is 3.42. The van der Waals surface area contributed by atoms with Gasteiger partial charge in [0.05, 0.1) is 17.5 Å². The van der Waals surface area contributed by atoms with Crippen LogP contribution in [0.3, 0.4) is 0 Å². The number of anilines is 1. The predicted molar refractivity (Wildman–Crippen MR) is 84.2 cm³/mol. The number of hydrogen-bond acceptors (Lipinski definition) is 2. The van der Waals surface area contributed by atoms with Gasteiger partial charge < -0.3 is 10.3 Å². The molecule has 0 aliphatic carbocycles. The number of imidazole rings is 1. The third-order valence-electron chi connectivity index (χ3n) is 3.42. The molecule has 1 heterocycles. The first-order valence-electron chi connectivity index (χ1n) is 7.17. The van der Waals surface area contributed by atoms with Gasteiger partial charge >= 0.3 is 0 Å². The van der Waals surface area contributed by atoms with E-state index in [1.54, 1.807) is 12.1 Å². The van der Waals surface area contributed by atoms with E-state index in [2.05, 4.69) is 15.3 Å². The van der Waals surface area contributed by atoms with Crippen LogP contribution in [0.1, 0.15) is 18.3 Å². The number of aryl methyl sites for hydroxylation is 1. The van der Waals surface area contributed by atoms with Gasteiger partial charge in [-0.3, -0.25) is 4.79 Å². The maximum atomic E-state index is 12.8. The molecule has 4 nitrogen and oxygen atoms in total. The number of aromatic nitrogens is 2. The number of halogens is 1. The number of H-pyrrole nitrogens is 1. The average Bonchev–Trinajstić information content (AvgIpc) is 2.92. The summed E-state index contributed by atoms with van der Waals surface area (Å²) in [6, 6.07) is 11.5. The molecule has 3 aromatic rings. The normalized spacial score (nSPS) is 10.8. The number of carbonyl (C=O) groups is 1. The lowest BCUT2D eigenvalue weighted by Crippen LogP contribution is -2.14. The van der Waals surface area contributed by atoms with Crippen molar-refractivity contribution in [3.8, 4) is 0 Å². The Morgan fingerprint density at radius 1 is 1.23 bits per heavy atom. The Labute approximate surface area is 127 Å². The van der Waals surface area contributed by atoms with E-state index >= 15 is 0 Å². The van der Waals surface area contributed by atoms with Crippen LogP contribution in [0.4, 0.5) is 10.1 Å². The summed E-state index contributed by atoms with van der Waals surface area (Å²) in [6.07, 6.45) is 1.10. The summed E-state index contributed by atoms with van der Waals surface area (Å²) in [6.45, 7) is 2.04. The monoisotopic (exact) mass is 297 g/mol. The quantitative estimate of drug-likeness (QED) is 0.775. The molecule has 5 heteroatoms. The summed E-state index contributed by atoms with van der Waals surface area (Å²) in [5.74, 6) is 0.471. The molecule has 1 amide bonds. The topological polar surface area (TPSA) is 57.8 Å². The zero-order valence-electron chi connectivity index (χ0n) is 12.2. The summed E-state index contributed by atoms with van der Waals surface area (Å²) in [4.78, 5) is 19.7. The molecule has 0 fully saturated rings. The molecule has 0 radical (unpaired) electrons. The van der Waals surface area contributed by atoms with Gasteiger partial charge in [-0.15, -0.1) is 0 Å². The van der Waals surface area contributed by atoms with E-state index in [4.69, 9.17) is 0 Å². The van der Waals surface area contributed by atoms with E-state index in [0.29, 0.717) is 5.69 Å². The van der Waals surface area contributed by atoms with Crippen molar-refractivity contribution in [3.05, 3.63) is 59.7 Å². The van der Waals surface area contributed by atoms with Crippen molar-refractivity contribution < 1.29 is 9.18 Å². The van der Waals surface area contributed by atoms with Crippen molar-refractivity contribution in [2.24, 2.45) is 0 Å². The summed E-state index contributed by atoms with van der Waals surface area (Å²) in [5.41, 5.74) is 3.32. The number of amides is 1. The lowest BCUT2D eigenvalue weighted by Gasteiger charge is -2.05. The minimum atomic E-state index is -0.325. The summed E-state index contributed by atoms with van der Waals surface area (Å²) in [7, 11) is 0. The number of rotatable bonds is 4. The minimum absolute atomic E-state index is 0.138. The lowest BCUT2D eigenvalue weighted by atomic mass is 10.1. The van der Waals surface area contributed by atoms with Crippen LogP contribution < -0.4 is 5.32 Å². The Morgan fingerprint density at radius 2 is 2.00 bits per heavy atom. The molecule has 0 atom stereocenters. The van der Waals surface area contributed by atoms with Crippen molar-refractivity contribution in [3.63, 3.8) is 0 Å². The van der Waals surface area contributed by atoms with Gasteiger partial charge in [0.25, 0.3) is 0 Å². The second-order valence-electron chi connectivity index (χ2n) is 5.12. The molecule has 0 bridgehead atoms. The molecular weight excluding hydrogens is 281 g/mol. The van der Waals surface area contributed by atoms with Gasteiger partial charge in [-0.05, 0) is 42.0 Å². The van der Waals surface area contributed by atoms with Crippen molar-refractivity contribution in [2.75, 3.05) is 5.32 Å². The number of hydrogen-bond donors (Lipinski definition) is 2. The van der Waals surface area contributed by atoms with Crippen LogP contribution in [0.5, 0.6) is 0 Å². The molecule has 0 aliphatic heterocycles. The average molecular weight is 297 g/mol. The lowest BCUT2D eigenvalue weighted by molar-refractivity contribution is -0.115. The Bertz CT molecular complexity index is 808. The van der Waals surface area contributed by atoms with Gasteiger partial charge in [0.2, 0.25) is 5.91 Å². The smallest absolute Gasteiger partial charge is 0.228 e. The fraction of sp³-hybridized carbons (Fsp3) is 0.176. The molecule has 0 saturated carbocycles. The Balaban J connectivity index is 1.71. The van der Waals surface area contributed by atoms with Crippen LogP contribution >= 0.6 is 0 Å². The van der Waals surface area contributed by atoms with Crippen LogP contribution in [0.25, 0.3) is 11.0 Å². The predicted octanol–water partition coefficient (Wildman–Crippen LogP) is 3.45. The zero-order chi connectivity index (χ0) is 15.5. The molecule has 2 aromatic carbocycles. The Morgan fingerprint density at radius 3 is 2.73 bits per heavy atom. The molecule has 0 saturated heterocycles. The highest BCUT2D eigenvalue weighted by Crippen LogP contribution is 2.15. The van der Waals surface area contributed by atoms with E-state index in [9.17, 15) is 9.18 Å². The highest BCUT2D eigenvalue weighted by molar-refractivity contribution is 5.92. The van der Waals surface area contributed by atoms with Gasteiger partial charge in [-0.1, -0.05) is 13.0 Å². The number of carbonyl (C=O) groups excluding carboxylic acids is 1. The van der Waals surface area contributed by atoms with E-state index in [-0.39, 0.29) is 18.1 Å². The standard InChI is InChI=1S/C17H16FN3O/c1-2-16-20-14-8-3-11(9-15(14)21-16)10-17(22)19-13-6-4-12(18)5-7-13/h3-9H,2,10H2,1H3,(H,19,22)(H,20,21). The zero-order valence-corrected chi connectivity index (χ0v) is 12.2. The molecule has 1 aromatic heterocycles. The van der Waals surface area contributed by atoms with Crippen LogP contribution in [0, 0.1) is 5.82 Å². The maximum absolute atomic E-state index is 12.8. The SMILES string of the molecule is CCc1nc2ccc(CC(=O)Nc3ccc(F)cc3)cc2[nH]1. The van der Waals surface area contributed by atoms with Crippen molar-refractivity contribution >= 4 is 22.6 Å². The second-order valence-corrected chi connectivity index (χ2v) is 5.12. The largest absolute Gasteiger partial charge is 0.342 e. The fourth-order valence-corrected chi connectivity index (χ4v) is 2.31. The first-order chi connectivity index (χ1) is 10.6. The van der Waals surface area contributed by atoms with E-state index in [0.717, 1.165) is 28.8 Å². The Kier molecular flexibility index (Phi) is 3.87. The first-order valence-corrected chi connectivity index (χ1v) is 7.17. The summed E-state index contributed by atoms with van der Waals surface area (Å²) >= 11 is 0. The van der Waals surface area contributed by atoms with Gasteiger partial charge in [0.1, 0.15) is 11.6 Å². The number of aromatic amines is 1.